The van der Waals surface area contributed by atoms with Crippen LogP contribution in [0.15, 0.2) is 62.5 Å². The number of likely N-dealkylation sites (N-methyl/N-ethyl adjacent to an activating group) is 1. The van der Waals surface area contributed by atoms with Crippen LogP contribution in [0.25, 0.3) is 0 Å². The highest BCUT2D eigenvalue weighted by Crippen LogP contribution is 2.39. The number of carbonyl (C=O) groups excluding carboxylic acids is 1. The van der Waals surface area contributed by atoms with Gasteiger partial charge in [-0.2, -0.15) is 0 Å². The van der Waals surface area contributed by atoms with Crippen LogP contribution in [0.5, 0.6) is 0 Å². The Kier molecular flexibility index (Phi) is 3.82. The fourth-order valence-electron chi connectivity index (χ4n) is 2.57. The van der Waals surface area contributed by atoms with Gasteiger partial charge in [-0.25, -0.2) is 4.99 Å². The first-order valence-corrected chi connectivity index (χ1v) is 8.19. The number of hydrogen-bond acceptors (Lipinski definition) is 3. The molecule has 1 heterocycles. The van der Waals surface area contributed by atoms with Gasteiger partial charge in [0.1, 0.15) is 0 Å². The molecule has 0 atom stereocenters. The maximum absolute atomic E-state index is 12.9. The summed E-state index contributed by atoms with van der Waals surface area (Å²) in [7, 11) is 1.64. The number of carbonyl (C=O) groups is 1. The molecule has 3 rings (SSSR count). The minimum Gasteiger partial charge on any atom is -0.369 e. The molecule has 6 heteroatoms. The van der Waals surface area contributed by atoms with Crippen molar-refractivity contribution in [3.05, 3.63) is 68.6 Å². The molecule has 2 aromatic carbocycles. The lowest BCUT2D eigenvalue weighted by Crippen LogP contribution is -2.41. The van der Waals surface area contributed by atoms with Crippen LogP contribution in [0.4, 0.5) is 0 Å². The van der Waals surface area contributed by atoms with Gasteiger partial charge in [0.25, 0.3) is 5.91 Å². The molecule has 0 radical (unpaired) electrons. The lowest BCUT2D eigenvalue weighted by molar-refractivity contribution is -0.129. The van der Waals surface area contributed by atoms with E-state index >= 15 is 0 Å². The lowest BCUT2D eigenvalue weighted by Gasteiger charge is -2.26. The average Bonchev–Trinajstić information content (AvgIpc) is 2.74. The first-order chi connectivity index (χ1) is 10.4. The van der Waals surface area contributed by atoms with E-state index < -0.39 is 5.54 Å². The molecule has 0 saturated carbocycles. The van der Waals surface area contributed by atoms with Crippen molar-refractivity contribution in [3.63, 3.8) is 0 Å². The zero-order chi connectivity index (χ0) is 15.9. The number of amides is 1. The average molecular weight is 423 g/mol. The van der Waals surface area contributed by atoms with Crippen LogP contribution in [0.1, 0.15) is 11.1 Å². The van der Waals surface area contributed by atoms with Crippen LogP contribution in [-0.2, 0) is 10.3 Å². The van der Waals surface area contributed by atoms with Gasteiger partial charge < -0.3 is 5.73 Å². The highest BCUT2D eigenvalue weighted by atomic mass is 79.9. The molecule has 1 aliphatic heterocycles. The van der Waals surface area contributed by atoms with Gasteiger partial charge in [-0.3, -0.25) is 9.69 Å². The third-order valence-corrected chi connectivity index (χ3v) is 4.82. The number of nitrogens with zero attached hydrogens (tertiary/aromatic N) is 2. The second-order valence-corrected chi connectivity index (χ2v) is 6.89. The van der Waals surface area contributed by atoms with Crippen LogP contribution in [0.3, 0.4) is 0 Å². The third kappa shape index (κ3) is 2.27. The first kappa shape index (κ1) is 15.2. The Morgan fingerprint density at radius 1 is 0.955 bits per heavy atom. The summed E-state index contributed by atoms with van der Waals surface area (Å²) in [6, 6.07) is 15.1. The van der Waals surface area contributed by atoms with Crippen molar-refractivity contribution in [1.29, 1.82) is 0 Å². The summed E-state index contributed by atoms with van der Waals surface area (Å²) in [5, 5.41) is 0. The zero-order valence-electron chi connectivity index (χ0n) is 11.8. The van der Waals surface area contributed by atoms with Gasteiger partial charge in [0.05, 0.1) is 0 Å². The fourth-order valence-corrected chi connectivity index (χ4v) is 3.09. The molecule has 4 nitrogen and oxygen atoms in total. The number of benzene rings is 2. The molecule has 0 aromatic heterocycles. The van der Waals surface area contributed by atoms with E-state index in [0.717, 1.165) is 20.1 Å². The van der Waals surface area contributed by atoms with Crippen LogP contribution in [0, 0.1) is 0 Å². The van der Waals surface area contributed by atoms with E-state index in [-0.39, 0.29) is 11.9 Å². The topological polar surface area (TPSA) is 58.7 Å². The Morgan fingerprint density at radius 3 is 1.68 bits per heavy atom. The van der Waals surface area contributed by atoms with Gasteiger partial charge in [-0.05, 0) is 35.4 Å². The SMILES string of the molecule is CN1C(=O)C(c2ccc(Br)cc2)(c2ccc(Br)cc2)N=C1N. The quantitative estimate of drug-likeness (QED) is 0.807. The van der Waals surface area contributed by atoms with Crippen molar-refractivity contribution in [2.24, 2.45) is 10.7 Å². The van der Waals surface area contributed by atoms with Gasteiger partial charge >= 0.3 is 0 Å². The van der Waals surface area contributed by atoms with E-state index in [9.17, 15) is 4.79 Å². The monoisotopic (exact) mass is 421 g/mol. The molecule has 22 heavy (non-hydrogen) atoms. The second-order valence-electron chi connectivity index (χ2n) is 5.06. The molecule has 0 unspecified atom stereocenters. The molecular formula is C16H13Br2N3O. The van der Waals surface area contributed by atoms with Crippen molar-refractivity contribution in [2.45, 2.75) is 5.54 Å². The molecule has 0 saturated heterocycles. The van der Waals surface area contributed by atoms with E-state index in [1.54, 1.807) is 7.05 Å². The van der Waals surface area contributed by atoms with Gasteiger partial charge in [0.15, 0.2) is 11.5 Å². The summed E-state index contributed by atoms with van der Waals surface area (Å²) in [5.74, 6) is 0.0606. The number of hydrogen-bond donors (Lipinski definition) is 1. The molecule has 1 amide bonds. The normalized spacial score (nSPS) is 16.8. The Bertz CT molecular complexity index is 708. The fraction of sp³-hybridized carbons (Fsp3) is 0.125. The minimum atomic E-state index is -1.12. The number of halogens is 2. The predicted octanol–water partition coefficient (Wildman–Crippen LogP) is 3.24. The van der Waals surface area contributed by atoms with Crippen LogP contribution < -0.4 is 5.73 Å². The van der Waals surface area contributed by atoms with Crippen molar-refractivity contribution < 1.29 is 4.79 Å². The van der Waals surface area contributed by atoms with Crippen LogP contribution in [0.2, 0.25) is 0 Å². The number of aliphatic imine (C=N–C) groups is 1. The Morgan fingerprint density at radius 2 is 1.36 bits per heavy atom. The zero-order valence-corrected chi connectivity index (χ0v) is 14.9. The lowest BCUT2D eigenvalue weighted by atomic mass is 9.83. The maximum atomic E-state index is 12.9. The smallest absolute Gasteiger partial charge is 0.266 e. The predicted molar refractivity (Wildman–Crippen MR) is 93.5 cm³/mol. The first-order valence-electron chi connectivity index (χ1n) is 6.61. The van der Waals surface area contributed by atoms with E-state index in [4.69, 9.17) is 5.73 Å². The second kappa shape index (κ2) is 5.52. The molecule has 112 valence electrons. The van der Waals surface area contributed by atoms with Gasteiger partial charge in [0, 0.05) is 16.0 Å². The Hall–Kier alpha value is -1.66. The molecule has 2 N–H and O–H groups in total. The van der Waals surface area contributed by atoms with Gasteiger partial charge in [0.2, 0.25) is 0 Å². The van der Waals surface area contributed by atoms with Crippen molar-refractivity contribution >= 4 is 43.7 Å². The number of guanidine groups is 1. The maximum Gasteiger partial charge on any atom is 0.266 e. The number of nitrogens with two attached hydrogens (primary N) is 1. The standard InChI is InChI=1S/C16H13Br2N3O/c1-21-14(22)16(20-15(21)19,10-2-6-12(17)7-3-10)11-4-8-13(18)9-5-11/h2-9H,1H3,(H2,19,20). The molecule has 0 bridgehead atoms. The molecule has 2 aromatic rings. The molecule has 0 fully saturated rings. The summed E-state index contributed by atoms with van der Waals surface area (Å²) >= 11 is 6.83. The minimum absolute atomic E-state index is 0.158. The van der Waals surface area contributed by atoms with Gasteiger partial charge in [-0.1, -0.05) is 56.1 Å². The van der Waals surface area contributed by atoms with Crippen molar-refractivity contribution in [2.75, 3.05) is 7.05 Å². The Balaban J connectivity index is 2.26. The summed E-state index contributed by atoms with van der Waals surface area (Å²) in [4.78, 5) is 18.8. The molecule has 1 aliphatic rings. The summed E-state index contributed by atoms with van der Waals surface area (Å²) in [6.45, 7) is 0. The van der Waals surface area contributed by atoms with Crippen molar-refractivity contribution in [1.82, 2.24) is 4.90 Å². The van der Waals surface area contributed by atoms with Gasteiger partial charge in [-0.15, -0.1) is 0 Å². The summed E-state index contributed by atoms with van der Waals surface area (Å²) < 4.78 is 1.89. The largest absolute Gasteiger partial charge is 0.369 e. The molecular weight excluding hydrogens is 410 g/mol. The highest BCUT2D eigenvalue weighted by molar-refractivity contribution is 9.10. The summed E-state index contributed by atoms with van der Waals surface area (Å²) in [5.41, 5.74) is 6.37. The van der Waals surface area contributed by atoms with Crippen LogP contribution >= 0.6 is 31.9 Å². The van der Waals surface area contributed by atoms with E-state index in [1.165, 1.54) is 4.90 Å². The third-order valence-electron chi connectivity index (χ3n) is 3.76. The van der Waals surface area contributed by atoms with E-state index in [0.29, 0.717) is 0 Å². The van der Waals surface area contributed by atoms with E-state index in [1.807, 2.05) is 48.5 Å². The van der Waals surface area contributed by atoms with Crippen LogP contribution in [-0.4, -0.2) is 23.8 Å². The molecule has 0 aliphatic carbocycles. The molecule has 0 spiro atoms. The van der Waals surface area contributed by atoms with E-state index in [2.05, 4.69) is 36.9 Å². The summed E-state index contributed by atoms with van der Waals surface area (Å²) in [6.07, 6.45) is 0. The van der Waals surface area contributed by atoms with Crippen molar-refractivity contribution in [3.8, 4) is 0 Å². The highest BCUT2D eigenvalue weighted by Gasteiger charge is 2.49. The number of rotatable bonds is 2. The Labute approximate surface area is 145 Å².